The summed E-state index contributed by atoms with van der Waals surface area (Å²) in [5.41, 5.74) is 1.59. The van der Waals surface area contributed by atoms with Crippen LogP contribution in [-0.2, 0) is 11.3 Å². The van der Waals surface area contributed by atoms with Gasteiger partial charge in [-0.2, -0.15) is 0 Å². The number of benzene rings is 1. The summed E-state index contributed by atoms with van der Waals surface area (Å²) >= 11 is 0. The van der Waals surface area contributed by atoms with Crippen molar-refractivity contribution < 1.29 is 9.59 Å². The molecule has 0 radical (unpaired) electrons. The minimum absolute atomic E-state index is 0.0454. The number of urea groups is 1. The minimum atomic E-state index is -0.179. The first-order valence-corrected chi connectivity index (χ1v) is 8.01. The van der Waals surface area contributed by atoms with Crippen molar-refractivity contribution >= 4 is 11.9 Å². The quantitative estimate of drug-likeness (QED) is 0.803. The van der Waals surface area contributed by atoms with Crippen molar-refractivity contribution in [3.63, 3.8) is 0 Å². The van der Waals surface area contributed by atoms with Crippen LogP contribution >= 0.6 is 0 Å². The standard InChI is InChI=1S/C18H22N2O2/c1-14-12-19(13-15-8-4-2-5-9-15)18(22)20(17(14)21)16-10-6-3-7-11-16/h2,4-5,8-9,16H,1,3,6-7,10-13H2. The second-order valence-electron chi connectivity index (χ2n) is 6.19. The molecule has 3 rings (SSSR count). The first-order chi connectivity index (χ1) is 10.7. The van der Waals surface area contributed by atoms with Gasteiger partial charge in [-0.05, 0) is 18.4 Å². The highest BCUT2D eigenvalue weighted by molar-refractivity contribution is 6.06. The molecule has 1 aromatic rings. The first-order valence-electron chi connectivity index (χ1n) is 8.01. The first kappa shape index (κ1) is 14.8. The largest absolute Gasteiger partial charge is 0.327 e. The highest BCUT2D eigenvalue weighted by Crippen LogP contribution is 2.27. The van der Waals surface area contributed by atoms with Crippen molar-refractivity contribution in [2.24, 2.45) is 0 Å². The van der Waals surface area contributed by atoms with Gasteiger partial charge in [-0.25, -0.2) is 4.79 Å². The number of rotatable bonds is 3. The summed E-state index contributed by atoms with van der Waals surface area (Å²) in [7, 11) is 0. The molecule has 0 aromatic heterocycles. The molecule has 1 aromatic carbocycles. The SMILES string of the molecule is C=C1CN(Cc2ccccc2)C(=O)N(C2CCCCC2)C1=O. The monoisotopic (exact) mass is 298 g/mol. The molecule has 0 unspecified atom stereocenters. The Morgan fingerprint density at radius 2 is 1.73 bits per heavy atom. The van der Waals surface area contributed by atoms with Crippen molar-refractivity contribution in [2.75, 3.05) is 6.54 Å². The highest BCUT2D eigenvalue weighted by atomic mass is 16.2. The molecule has 2 fully saturated rings. The van der Waals surface area contributed by atoms with Crippen molar-refractivity contribution in [1.82, 2.24) is 9.80 Å². The Kier molecular flexibility index (Phi) is 4.27. The summed E-state index contributed by atoms with van der Waals surface area (Å²) in [6.07, 6.45) is 5.22. The maximum absolute atomic E-state index is 12.8. The van der Waals surface area contributed by atoms with E-state index in [9.17, 15) is 9.59 Å². The number of amides is 3. The molecule has 116 valence electrons. The molecule has 4 heteroatoms. The Morgan fingerprint density at radius 1 is 1.05 bits per heavy atom. The Hall–Kier alpha value is -2.10. The van der Waals surface area contributed by atoms with E-state index in [0.717, 1.165) is 31.2 Å². The van der Waals surface area contributed by atoms with Gasteiger partial charge in [-0.15, -0.1) is 0 Å². The smallest absolute Gasteiger partial charge is 0.315 e. The van der Waals surface area contributed by atoms with E-state index in [0.29, 0.717) is 18.7 Å². The van der Waals surface area contributed by atoms with Crippen molar-refractivity contribution in [3.8, 4) is 0 Å². The summed E-state index contributed by atoms with van der Waals surface area (Å²) in [6.45, 7) is 4.73. The lowest BCUT2D eigenvalue weighted by atomic mass is 9.93. The van der Waals surface area contributed by atoms with Gasteiger partial charge in [0.2, 0.25) is 0 Å². The molecule has 0 atom stereocenters. The minimum Gasteiger partial charge on any atom is -0.315 e. The molecule has 2 aliphatic rings. The fraction of sp³-hybridized carbons (Fsp3) is 0.444. The molecule has 1 heterocycles. The van der Waals surface area contributed by atoms with Gasteiger partial charge in [0.05, 0.1) is 6.54 Å². The van der Waals surface area contributed by atoms with Gasteiger partial charge < -0.3 is 4.90 Å². The Bertz CT molecular complexity index is 576. The number of hydrogen-bond acceptors (Lipinski definition) is 2. The second-order valence-corrected chi connectivity index (χ2v) is 6.19. The molecule has 0 N–H and O–H groups in total. The van der Waals surface area contributed by atoms with E-state index in [-0.39, 0.29) is 18.0 Å². The van der Waals surface area contributed by atoms with Crippen LogP contribution in [0.5, 0.6) is 0 Å². The van der Waals surface area contributed by atoms with Crippen LogP contribution in [0.25, 0.3) is 0 Å². The van der Waals surface area contributed by atoms with Crippen molar-refractivity contribution in [3.05, 3.63) is 48.0 Å². The Labute approximate surface area is 131 Å². The molecule has 1 saturated carbocycles. The number of carbonyl (C=O) groups excluding carboxylic acids is 2. The van der Waals surface area contributed by atoms with Crippen LogP contribution in [-0.4, -0.2) is 34.3 Å². The van der Waals surface area contributed by atoms with Gasteiger partial charge in [-0.1, -0.05) is 56.2 Å². The van der Waals surface area contributed by atoms with Crippen LogP contribution < -0.4 is 0 Å². The third-order valence-electron chi connectivity index (χ3n) is 4.54. The third kappa shape index (κ3) is 2.91. The van der Waals surface area contributed by atoms with Crippen LogP contribution in [0.15, 0.2) is 42.5 Å². The van der Waals surface area contributed by atoms with E-state index in [1.54, 1.807) is 4.90 Å². The number of imide groups is 1. The molecule has 1 aliphatic heterocycles. The zero-order valence-corrected chi connectivity index (χ0v) is 12.8. The molecule has 1 aliphatic carbocycles. The zero-order chi connectivity index (χ0) is 15.5. The lowest BCUT2D eigenvalue weighted by Crippen LogP contribution is -2.57. The van der Waals surface area contributed by atoms with Crippen molar-refractivity contribution in [2.45, 2.75) is 44.7 Å². The Morgan fingerprint density at radius 3 is 2.41 bits per heavy atom. The molecular formula is C18H22N2O2. The summed E-state index contributed by atoms with van der Waals surface area (Å²) in [5, 5.41) is 0. The summed E-state index contributed by atoms with van der Waals surface area (Å²) in [4.78, 5) is 28.4. The van der Waals surface area contributed by atoms with E-state index >= 15 is 0 Å². The third-order valence-corrected chi connectivity index (χ3v) is 4.54. The average Bonchev–Trinajstić information content (AvgIpc) is 2.55. The number of nitrogens with zero attached hydrogens (tertiary/aromatic N) is 2. The van der Waals surface area contributed by atoms with Gasteiger partial charge in [0.1, 0.15) is 0 Å². The van der Waals surface area contributed by atoms with Gasteiger partial charge in [0, 0.05) is 18.2 Å². The molecular weight excluding hydrogens is 276 g/mol. The fourth-order valence-corrected chi connectivity index (χ4v) is 3.36. The topological polar surface area (TPSA) is 40.6 Å². The number of carbonyl (C=O) groups is 2. The average molecular weight is 298 g/mol. The number of hydrogen-bond donors (Lipinski definition) is 0. The second kappa shape index (κ2) is 6.34. The Balaban J connectivity index is 1.79. The maximum atomic E-state index is 12.8. The van der Waals surface area contributed by atoms with Gasteiger partial charge in [-0.3, -0.25) is 9.69 Å². The normalized spacial score (nSPS) is 20.6. The van der Waals surface area contributed by atoms with E-state index in [2.05, 4.69) is 6.58 Å². The summed E-state index contributed by atoms with van der Waals surface area (Å²) in [6, 6.07) is 9.76. The van der Waals surface area contributed by atoms with E-state index in [4.69, 9.17) is 0 Å². The van der Waals surface area contributed by atoms with E-state index in [1.165, 1.54) is 11.3 Å². The lowest BCUT2D eigenvalue weighted by molar-refractivity contribution is -0.128. The predicted octanol–water partition coefficient (Wildman–Crippen LogP) is 3.34. The molecule has 0 spiro atoms. The molecule has 22 heavy (non-hydrogen) atoms. The van der Waals surface area contributed by atoms with Crippen LogP contribution in [0.3, 0.4) is 0 Å². The van der Waals surface area contributed by atoms with Crippen LogP contribution in [0.4, 0.5) is 4.79 Å². The van der Waals surface area contributed by atoms with E-state index < -0.39 is 0 Å². The maximum Gasteiger partial charge on any atom is 0.327 e. The van der Waals surface area contributed by atoms with Gasteiger partial charge in [0.15, 0.2) is 0 Å². The van der Waals surface area contributed by atoms with E-state index in [1.807, 2.05) is 30.3 Å². The molecule has 1 saturated heterocycles. The molecule has 4 nitrogen and oxygen atoms in total. The highest BCUT2D eigenvalue weighted by Gasteiger charge is 2.39. The zero-order valence-electron chi connectivity index (χ0n) is 12.8. The lowest BCUT2D eigenvalue weighted by Gasteiger charge is -2.40. The summed E-state index contributed by atoms with van der Waals surface area (Å²) < 4.78 is 0. The van der Waals surface area contributed by atoms with Crippen LogP contribution in [0, 0.1) is 0 Å². The van der Waals surface area contributed by atoms with Crippen molar-refractivity contribution in [1.29, 1.82) is 0 Å². The van der Waals surface area contributed by atoms with Gasteiger partial charge >= 0.3 is 6.03 Å². The molecule has 0 bridgehead atoms. The van der Waals surface area contributed by atoms with Crippen LogP contribution in [0.2, 0.25) is 0 Å². The van der Waals surface area contributed by atoms with Gasteiger partial charge in [0.25, 0.3) is 5.91 Å². The summed E-state index contributed by atoms with van der Waals surface area (Å²) in [5.74, 6) is -0.179. The molecule has 3 amide bonds. The fourth-order valence-electron chi connectivity index (χ4n) is 3.36. The predicted molar refractivity (Wildman–Crippen MR) is 85.1 cm³/mol. The van der Waals surface area contributed by atoms with Crippen LogP contribution in [0.1, 0.15) is 37.7 Å².